The van der Waals surface area contributed by atoms with Gasteiger partial charge in [-0.05, 0) is 30.3 Å². The van der Waals surface area contributed by atoms with Crippen LogP contribution >= 0.6 is 11.6 Å². The topological polar surface area (TPSA) is 75.1 Å². The molecule has 7 heteroatoms. The summed E-state index contributed by atoms with van der Waals surface area (Å²) in [5.41, 5.74) is 2.52. The maximum atomic E-state index is 11.6. The van der Waals surface area contributed by atoms with E-state index in [1.54, 1.807) is 25.3 Å². The van der Waals surface area contributed by atoms with E-state index in [4.69, 9.17) is 21.1 Å². The van der Waals surface area contributed by atoms with Gasteiger partial charge in [0, 0.05) is 28.9 Å². The molecule has 0 unspecified atom stereocenters. The Bertz CT molecular complexity index is 791. The quantitative estimate of drug-likeness (QED) is 0.782. The number of carboxylic acids is 1. The minimum atomic E-state index is -1.18. The molecule has 1 heterocycles. The summed E-state index contributed by atoms with van der Waals surface area (Å²) >= 11 is 6.05. The van der Waals surface area contributed by atoms with Crippen molar-refractivity contribution in [3.8, 4) is 5.75 Å². The average Bonchev–Trinajstić information content (AvgIpc) is 2.67. The summed E-state index contributed by atoms with van der Waals surface area (Å²) < 4.78 is 10.7. The van der Waals surface area contributed by atoms with Crippen LogP contribution in [0, 0.1) is 0 Å². The molecule has 0 saturated carbocycles. The van der Waals surface area contributed by atoms with Gasteiger partial charge in [-0.2, -0.15) is 0 Å². The summed E-state index contributed by atoms with van der Waals surface area (Å²) in [6.07, 6.45) is 0. The Hall–Kier alpha value is -2.28. The second-order valence-corrected chi connectivity index (χ2v) is 6.51. The summed E-state index contributed by atoms with van der Waals surface area (Å²) in [6.45, 7) is 3.19. The normalized spacial score (nSPS) is 14.8. The number of carbonyl (C=O) groups excluding carboxylic acids is 1. The fourth-order valence-electron chi connectivity index (χ4n) is 3.10. The Kier molecular flexibility index (Phi) is 5.98. The van der Waals surface area contributed by atoms with Gasteiger partial charge in [-0.3, -0.25) is 4.90 Å². The molecule has 6 nitrogen and oxygen atoms in total. The molecule has 138 valence electrons. The Labute approximate surface area is 157 Å². The minimum absolute atomic E-state index is 0.199. The molecule has 0 atom stereocenters. The van der Waals surface area contributed by atoms with Gasteiger partial charge in [0.05, 0.1) is 31.9 Å². The number of methoxy groups -OCH3 is 1. The summed E-state index contributed by atoms with van der Waals surface area (Å²) in [7, 11) is 1.60. The number of halogens is 1. The summed E-state index contributed by atoms with van der Waals surface area (Å²) in [4.78, 5) is 12.7. The Morgan fingerprint density at radius 2 is 2.04 bits per heavy atom. The van der Waals surface area contributed by atoms with Gasteiger partial charge >= 0.3 is 0 Å². The van der Waals surface area contributed by atoms with Gasteiger partial charge in [0.1, 0.15) is 24.5 Å². The SMILES string of the molecule is COc1ccc(Cl)cc1CNc1ccc([NH+]2CCOCC2)c(C(=O)[O-])c1. The van der Waals surface area contributed by atoms with Crippen LogP contribution in [0.25, 0.3) is 0 Å². The first-order valence-corrected chi connectivity index (χ1v) is 8.81. The number of quaternary nitrogens is 1. The maximum absolute atomic E-state index is 11.6. The molecule has 1 saturated heterocycles. The molecule has 26 heavy (non-hydrogen) atoms. The fraction of sp³-hybridized carbons (Fsp3) is 0.316. The molecule has 1 aliphatic heterocycles. The van der Waals surface area contributed by atoms with E-state index in [9.17, 15) is 9.90 Å². The molecule has 0 bridgehead atoms. The van der Waals surface area contributed by atoms with Gasteiger partial charge in [-0.25, -0.2) is 0 Å². The van der Waals surface area contributed by atoms with E-state index in [0.29, 0.717) is 30.5 Å². The van der Waals surface area contributed by atoms with E-state index in [1.807, 2.05) is 18.2 Å². The van der Waals surface area contributed by atoms with Crippen LogP contribution in [0.4, 0.5) is 11.4 Å². The van der Waals surface area contributed by atoms with Gasteiger partial charge in [0.2, 0.25) is 0 Å². The van der Waals surface area contributed by atoms with Crippen molar-refractivity contribution in [1.82, 2.24) is 0 Å². The van der Waals surface area contributed by atoms with Crippen molar-refractivity contribution in [2.45, 2.75) is 6.54 Å². The van der Waals surface area contributed by atoms with Crippen molar-refractivity contribution < 1.29 is 24.3 Å². The maximum Gasteiger partial charge on any atom is 0.140 e. The molecule has 0 radical (unpaired) electrons. The lowest BCUT2D eigenvalue weighted by atomic mass is 10.1. The molecule has 1 fully saturated rings. The smallest absolute Gasteiger partial charge is 0.140 e. The second kappa shape index (κ2) is 8.40. The lowest BCUT2D eigenvalue weighted by molar-refractivity contribution is -0.842. The largest absolute Gasteiger partial charge is 0.545 e. The molecule has 2 N–H and O–H groups in total. The van der Waals surface area contributed by atoms with Crippen LogP contribution in [-0.2, 0) is 11.3 Å². The minimum Gasteiger partial charge on any atom is -0.545 e. The molecule has 3 rings (SSSR count). The van der Waals surface area contributed by atoms with Gasteiger partial charge < -0.3 is 24.7 Å². The number of hydrogen-bond donors (Lipinski definition) is 2. The van der Waals surface area contributed by atoms with Crippen LogP contribution in [0.1, 0.15) is 15.9 Å². The van der Waals surface area contributed by atoms with Crippen molar-refractivity contribution in [2.24, 2.45) is 0 Å². The Balaban J connectivity index is 1.79. The number of benzene rings is 2. The zero-order valence-electron chi connectivity index (χ0n) is 14.5. The number of aromatic carboxylic acids is 1. The van der Waals surface area contributed by atoms with E-state index >= 15 is 0 Å². The molecule has 0 aromatic heterocycles. The highest BCUT2D eigenvalue weighted by molar-refractivity contribution is 6.30. The first-order valence-electron chi connectivity index (χ1n) is 8.43. The molecule has 1 aliphatic rings. The number of carbonyl (C=O) groups is 1. The van der Waals surface area contributed by atoms with Gasteiger partial charge in [0.15, 0.2) is 0 Å². The Morgan fingerprint density at radius 3 is 2.73 bits per heavy atom. The van der Waals surface area contributed by atoms with E-state index in [-0.39, 0.29) is 5.56 Å². The molecule has 2 aromatic rings. The van der Waals surface area contributed by atoms with Gasteiger partial charge in [-0.1, -0.05) is 11.6 Å². The number of anilines is 1. The van der Waals surface area contributed by atoms with Crippen LogP contribution in [0.5, 0.6) is 5.75 Å². The monoisotopic (exact) mass is 376 g/mol. The highest BCUT2D eigenvalue weighted by Gasteiger charge is 2.21. The van der Waals surface area contributed by atoms with Crippen LogP contribution in [0.2, 0.25) is 5.02 Å². The number of ether oxygens (including phenoxy) is 2. The average molecular weight is 377 g/mol. The molecule has 0 aliphatic carbocycles. The van der Waals surface area contributed by atoms with Crippen molar-refractivity contribution in [2.75, 3.05) is 38.7 Å². The zero-order valence-corrected chi connectivity index (χ0v) is 15.3. The Morgan fingerprint density at radius 1 is 1.27 bits per heavy atom. The first-order chi connectivity index (χ1) is 12.6. The standard InChI is InChI=1S/C19H21ClN2O4/c1-25-18-5-2-14(20)10-13(18)12-21-15-3-4-17(16(11-15)19(23)24)22-6-8-26-9-7-22/h2-5,10-11,21H,6-9,12H2,1H3,(H,23,24). The van der Waals surface area contributed by atoms with Crippen LogP contribution < -0.4 is 20.1 Å². The lowest BCUT2D eigenvalue weighted by Gasteiger charge is -2.25. The van der Waals surface area contributed by atoms with E-state index in [0.717, 1.165) is 35.0 Å². The third kappa shape index (κ3) is 4.27. The van der Waals surface area contributed by atoms with Gasteiger partial charge in [-0.15, -0.1) is 0 Å². The number of carboxylic acid groups (broad SMARTS) is 1. The first kappa shape index (κ1) is 18.5. The second-order valence-electron chi connectivity index (χ2n) is 6.07. The summed E-state index contributed by atoms with van der Waals surface area (Å²) in [5.74, 6) is -0.459. The van der Waals surface area contributed by atoms with Crippen molar-refractivity contribution in [1.29, 1.82) is 0 Å². The van der Waals surface area contributed by atoms with E-state index in [1.165, 1.54) is 0 Å². The van der Waals surface area contributed by atoms with E-state index < -0.39 is 5.97 Å². The highest BCUT2D eigenvalue weighted by Crippen LogP contribution is 2.24. The lowest BCUT2D eigenvalue weighted by Crippen LogP contribution is -3.09. The number of nitrogens with one attached hydrogen (secondary N) is 2. The van der Waals surface area contributed by atoms with Gasteiger partial charge in [0.25, 0.3) is 0 Å². The predicted octanol–water partition coefficient (Wildman–Crippen LogP) is 0.871. The zero-order chi connectivity index (χ0) is 18.5. The number of rotatable bonds is 6. The van der Waals surface area contributed by atoms with Crippen molar-refractivity contribution in [3.05, 3.63) is 52.5 Å². The molecular formula is C19H21ClN2O4. The summed E-state index contributed by atoms with van der Waals surface area (Å²) in [5, 5.41) is 15.5. The number of hydrogen-bond acceptors (Lipinski definition) is 5. The molecule has 2 aromatic carbocycles. The van der Waals surface area contributed by atoms with Crippen LogP contribution in [0.3, 0.4) is 0 Å². The van der Waals surface area contributed by atoms with E-state index in [2.05, 4.69) is 5.32 Å². The highest BCUT2D eigenvalue weighted by atomic mass is 35.5. The third-order valence-corrected chi connectivity index (χ3v) is 4.68. The fourth-order valence-corrected chi connectivity index (χ4v) is 3.30. The molecular weight excluding hydrogens is 356 g/mol. The predicted molar refractivity (Wildman–Crippen MR) is 97.3 cm³/mol. The molecule has 0 spiro atoms. The summed E-state index contributed by atoms with van der Waals surface area (Å²) in [6, 6.07) is 10.7. The van der Waals surface area contributed by atoms with Crippen molar-refractivity contribution >= 4 is 28.9 Å². The van der Waals surface area contributed by atoms with Crippen LogP contribution in [-0.4, -0.2) is 39.4 Å². The number of morpholine rings is 1. The molecule has 0 amide bonds. The third-order valence-electron chi connectivity index (χ3n) is 4.44. The van der Waals surface area contributed by atoms with Crippen molar-refractivity contribution in [3.63, 3.8) is 0 Å². The van der Waals surface area contributed by atoms with Crippen LogP contribution in [0.15, 0.2) is 36.4 Å².